The molecule has 5 nitrogen and oxygen atoms in total. The number of carbonyl (C=O) groups excluding carboxylic acids is 1. The maximum atomic E-state index is 12.9. The monoisotopic (exact) mass is 375 g/mol. The number of rotatable bonds is 3. The van der Waals surface area contributed by atoms with Gasteiger partial charge in [0.1, 0.15) is 0 Å². The standard InChI is InChI=1S/C18H15Cl2N3O2/c1-10(12-8-7-11(19)9-15(12)20)23(2)18(25)16-13-5-3-4-6-14(13)17(24)22-21-16/h3-10H,1-2H3,(H,22,24)/t10-/m1/s1. The van der Waals surface area contributed by atoms with Crippen LogP contribution in [0.1, 0.15) is 29.0 Å². The molecule has 7 heteroatoms. The summed E-state index contributed by atoms with van der Waals surface area (Å²) in [6, 6.07) is 11.7. The predicted molar refractivity (Wildman–Crippen MR) is 99.3 cm³/mol. The second-order valence-corrected chi connectivity index (χ2v) is 6.55. The number of hydrogen-bond acceptors (Lipinski definition) is 3. The van der Waals surface area contributed by atoms with E-state index in [1.54, 1.807) is 49.5 Å². The van der Waals surface area contributed by atoms with E-state index in [0.29, 0.717) is 20.8 Å². The number of nitrogens with one attached hydrogen (secondary N) is 1. The van der Waals surface area contributed by atoms with Gasteiger partial charge in [0, 0.05) is 22.5 Å². The number of halogens is 2. The van der Waals surface area contributed by atoms with Crippen LogP contribution in [0.25, 0.3) is 10.8 Å². The lowest BCUT2D eigenvalue weighted by Gasteiger charge is -2.26. The minimum absolute atomic E-state index is 0.189. The fraction of sp³-hybridized carbons (Fsp3) is 0.167. The summed E-state index contributed by atoms with van der Waals surface area (Å²) in [5, 5.41) is 8.29. The average Bonchev–Trinajstić information content (AvgIpc) is 2.60. The molecule has 128 valence electrons. The molecule has 0 spiro atoms. The molecule has 0 aliphatic carbocycles. The van der Waals surface area contributed by atoms with Crippen LogP contribution in [0.4, 0.5) is 0 Å². The van der Waals surface area contributed by atoms with Crippen molar-refractivity contribution in [1.82, 2.24) is 15.1 Å². The van der Waals surface area contributed by atoms with Crippen molar-refractivity contribution in [3.63, 3.8) is 0 Å². The first-order chi connectivity index (χ1) is 11.9. The van der Waals surface area contributed by atoms with Crippen LogP contribution in [0, 0.1) is 0 Å². The Morgan fingerprint density at radius 1 is 1.16 bits per heavy atom. The smallest absolute Gasteiger partial charge is 0.275 e. The molecule has 0 saturated carbocycles. The Morgan fingerprint density at radius 3 is 2.52 bits per heavy atom. The Bertz CT molecular complexity index is 1020. The molecule has 3 rings (SSSR count). The molecule has 0 aliphatic rings. The third-order valence-corrected chi connectivity index (χ3v) is 4.77. The van der Waals surface area contributed by atoms with E-state index >= 15 is 0 Å². The Hall–Kier alpha value is -2.37. The summed E-state index contributed by atoms with van der Waals surface area (Å²) >= 11 is 12.2. The van der Waals surface area contributed by atoms with Gasteiger partial charge in [0.25, 0.3) is 11.5 Å². The Kier molecular flexibility index (Phi) is 4.79. The second kappa shape index (κ2) is 6.86. The van der Waals surface area contributed by atoms with Crippen LogP contribution in [0.3, 0.4) is 0 Å². The molecule has 0 unspecified atom stereocenters. The molecule has 0 bridgehead atoms. The van der Waals surface area contributed by atoms with E-state index in [4.69, 9.17) is 23.2 Å². The summed E-state index contributed by atoms with van der Waals surface area (Å²) in [5.41, 5.74) is 0.633. The van der Waals surface area contributed by atoms with Crippen molar-refractivity contribution < 1.29 is 4.79 Å². The molecular weight excluding hydrogens is 361 g/mol. The predicted octanol–water partition coefficient (Wildman–Crippen LogP) is 4.06. The quantitative estimate of drug-likeness (QED) is 0.750. The molecule has 1 amide bonds. The third kappa shape index (κ3) is 3.25. The fourth-order valence-corrected chi connectivity index (χ4v) is 3.24. The number of aromatic amines is 1. The van der Waals surface area contributed by atoms with Crippen molar-refractivity contribution in [1.29, 1.82) is 0 Å². The summed E-state index contributed by atoms with van der Waals surface area (Å²) in [5.74, 6) is -0.314. The van der Waals surface area contributed by atoms with Gasteiger partial charge in [-0.3, -0.25) is 9.59 Å². The third-order valence-electron chi connectivity index (χ3n) is 4.21. The van der Waals surface area contributed by atoms with Gasteiger partial charge in [0.05, 0.1) is 11.4 Å². The lowest BCUT2D eigenvalue weighted by molar-refractivity contribution is 0.0738. The highest BCUT2D eigenvalue weighted by Gasteiger charge is 2.24. The van der Waals surface area contributed by atoms with Crippen LogP contribution >= 0.6 is 23.2 Å². The zero-order valence-electron chi connectivity index (χ0n) is 13.6. The number of hydrogen-bond donors (Lipinski definition) is 1. The number of nitrogens with zero attached hydrogens (tertiary/aromatic N) is 2. The first kappa shape index (κ1) is 17.5. The van der Waals surface area contributed by atoms with Crippen LogP contribution in [-0.2, 0) is 0 Å². The van der Waals surface area contributed by atoms with E-state index in [1.807, 2.05) is 6.92 Å². The van der Waals surface area contributed by atoms with E-state index in [9.17, 15) is 9.59 Å². The highest BCUT2D eigenvalue weighted by Crippen LogP contribution is 2.30. The molecular formula is C18H15Cl2N3O2. The number of aromatic nitrogens is 2. The lowest BCUT2D eigenvalue weighted by atomic mass is 10.1. The molecule has 2 aromatic carbocycles. The van der Waals surface area contributed by atoms with E-state index in [1.165, 1.54) is 4.90 Å². The Balaban J connectivity index is 2.01. The van der Waals surface area contributed by atoms with E-state index in [-0.39, 0.29) is 23.2 Å². The minimum Gasteiger partial charge on any atom is -0.333 e. The van der Waals surface area contributed by atoms with Crippen molar-refractivity contribution in [2.75, 3.05) is 7.05 Å². The highest BCUT2D eigenvalue weighted by atomic mass is 35.5. The molecule has 0 fully saturated rings. The SMILES string of the molecule is C[C@H](c1ccc(Cl)cc1Cl)N(C)C(=O)c1n[nH]c(=O)c2ccccc12. The van der Waals surface area contributed by atoms with Gasteiger partial charge in [0.15, 0.2) is 5.69 Å². The maximum absolute atomic E-state index is 12.9. The van der Waals surface area contributed by atoms with Crippen molar-refractivity contribution in [2.24, 2.45) is 0 Å². The molecule has 0 saturated heterocycles. The summed E-state index contributed by atoms with van der Waals surface area (Å²) in [6.45, 7) is 1.86. The van der Waals surface area contributed by atoms with Crippen molar-refractivity contribution in [2.45, 2.75) is 13.0 Å². The first-order valence-electron chi connectivity index (χ1n) is 7.59. The average molecular weight is 376 g/mol. The van der Waals surface area contributed by atoms with Gasteiger partial charge in [0.2, 0.25) is 0 Å². The van der Waals surface area contributed by atoms with Crippen LogP contribution < -0.4 is 5.56 Å². The minimum atomic E-state index is -0.330. The number of fused-ring (bicyclic) bond motifs is 1. The van der Waals surface area contributed by atoms with Gasteiger partial charge in [-0.2, -0.15) is 5.10 Å². The molecule has 1 atom stereocenters. The first-order valence-corrected chi connectivity index (χ1v) is 8.35. The lowest BCUT2D eigenvalue weighted by Crippen LogP contribution is -2.31. The number of amides is 1. The normalized spacial score (nSPS) is 12.2. The second-order valence-electron chi connectivity index (χ2n) is 5.70. The molecule has 1 heterocycles. The van der Waals surface area contributed by atoms with E-state index in [2.05, 4.69) is 10.2 Å². The molecule has 25 heavy (non-hydrogen) atoms. The summed E-state index contributed by atoms with van der Waals surface area (Å²) in [4.78, 5) is 26.3. The van der Waals surface area contributed by atoms with Crippen LogP contribution in [0.15, 0.2) is 47.3 Å². The fourth-order valence-electron chi connectivity index (χ4n) is 2.67. The molecule has 1 N–H and O–H groups in total. The van der Waals surface area contributed by atoms with Crippen LogP contribution in [-0.4, -0.2) is 28.1 Å². The van der Waals surface area contributed by atoms with Crippen LogP contribution in [0.2, 0.25) is 10.0 Å². The molecule has 3 aromatic rings. The summed E-state index contributed by atoms with van der Waals surface area (Å²) < 4.78 is 0. The highest BCUT2D eigenvalue weighted by molar-refractivity contribution is 6.35. The van der Waals surface area contributed by atoms with Gasteiger partial charge in [-0.15, -0.1) is 0 Å². The number of H-pyrrole nitrogens is 1. The topological polar surface area (TPSA) is 66.1 Å². The largest absolute Gasteiger partial charge is 0.333 e. The zero-order chi connectivity index (χ0) is 18.1. The molecule has 1 aromatic heterocycles. The van der Waals surface area contributed by atoms with Gasteiger partial charge in [-0.1, -0.05) is 47.5 Å². The molecule has 0 aliphatic heterocycles. The van der Waals surface area contributed by atoms with Crippen molar-refractivity contribution in [3.05, 3.63) is 74.1 Å². The van der Waals surface area contributed by atoms with E-state index < -0.39 is 0 Å². The van der Waals surface area contributed by atoms with Gasteiger partial charge in [-0.25, -0.2) is 5.10 Å². The molecule has 0 radical (unpaired) electrons. The Morgan fingerprint density at radius 2 is 1.84 bits per heavy atom. The van der Waals surface area contributed by atoms with Crippen molar-refractivity contribution >= 4 is 39.9 Å². The maximum Gasteiger partial charge on any atom is 0.275 e. The van der Waals surface area contributed by atoms with Gasteiger partial charge >= 0.3 is 0 Å². The van der Waals surface area contributed by atoms with Crippen molar-refractivity contribution in [3.8, 4) is 0 Å². The van der Waals surface area contributed by atoms with Gasteiger partial charge < -0.3 is 4.90 Å². The summed E-state index contributed by atoms with van der Waals surface area (Å²) in [6.07, 6.45) is 0. The van der Waals surface area contributed by atoms with E-state index in [0.717, 1.165) is 5.56 Å². The van der Waals surface area contributed by atoms with Gasteiger partial charge in [-0.05, 0) is 30.7 Å². The Labute approximate surface area is 154 Å². The van der Waals surface area contributed by atoms with Crippen LogP contribution in [0.5, 0.6) is 0 Å². The zero-order valence-corrected chi connectivity index (χ0v) is 15.1. The number of carbonyl (C=O) groups is 1. The number of benzene rings is 2. The summed E-state index contributed by atoms with van der Waals surface area (Å²) in [7, 11) is 1.67.